The smallest absolute Gasteiger partial charge is 0.308 e. The average molecular weight is 711 g/mol. The maximum absolute atomic E-state index is 15.8. The second kappa shape index (κ2) is 13.0. The highest BCUT2D eigenvalue weighted by Gasteiger charge is 2.36. The first-order chi connectivity index (χ1) is 25.5. The van der Waals surface area contributed by atoms with E-state index in [1.165, 1.54) is 0 Å². The zero-order chi connectivity index (χ0) is 35.1. The minimum Gasteiger partial charge on any atom is -0.437 e. The van der Waals surface area contributed by atoms with Gasteiger partial charge in [0.25, 0.3) is 0 Å². The van der Waals surface area contributed by atoms with E-state index in [9.17, 15) is 0 Å². The molecule has 0 unspecified atom stereocenters. The molecule has 250 valence electrons. The van der Waals surface area contributed by atoms with Crippen molar-refractivity contribution in [1.82, 2.24) is 0 Å². The van der Waals surface area contributed by atoms with E-state index in [-0.39, 0.29) is 0 Å². The lowest BCUT2D eigenvalue weighted by Gasteiger charge is -2.25. The second-order valence-corrected chi connectivity index (χ2v) is 17.3. The standard InChI is InChI=1S/C46H32O4P2/c47-51(43-28-9-18-33-14-1-5-24-39(33)43,44-29-10-19-34-15-2-6-25-40(34)44)49-37-22-13-23-38(32-37)50-52(48,45-30-11-20-35-16-3-7-26-41(35)45)46-31-12-21-36-17-4-8-27-42(36)46/h1-32H. The molecule has 0 bridgehead atoms. The largest absolute Gasteiger partial charge is 0.437 e. The van der Waals surface area contributed by atoms with Gasteiger partial charge in [0.05, 0.1) is 21.2 Å². The predicted molar refractivity (Wildman–Crippen MR) is 217 cm³/mol. The molecule has 0 aliphatic rings. The molecule has 0 amide bonds. The van der Waals surface area contributed by atoms with E-state index in [4.69, 9.17) is 9.05 Å². The van der Waals surface area contributed by atoms with Gasteiger partial charge in [-0.25, -0.2) is 0 Å². The zero-order valence-corrected chi connectivity index (χ0v) is 29.8. The Balaban J connectivity index is 1.21. The summed E-state index contributed by atoms with van der Waals surface area (Å²) in [6.45, 7) is 0. The van der Waals surface area contributed by atoms with Crippen molar-refractivity contribution in [2.24, 2.45) is 0 Å². The molecule has 0 heterocycles. The Morgan fingerprint density at radius 1 is 0.288 bits per heavy atom. The van der Waals surface area contributed by atoms with Crippen molar-refractivity contribution in [2.75, 3.05) is 0 Å². The molecule has 0 atom stereocenters. The summed E-state index contributed by atoms with van der Waals surface area (Å²) >= 11 is 0. The lowest BCUT2D eigenvalue weighted by Crippen LogP contribution is -2.22. The Bertz CT molecular complexity index is 2520. The molecule has 0 aromatic heterocycles. The van der Waals surface area contributed by atoms with Crippen LogP contribution in [0.2, 0.25) is 0 Å². The van der Waals surface area contributed by atoms with Crippen LogP contribution in [0.3, 0.4) is 0 Å². The van der Waals surface area contributed by atoms with E-state index in [0.717, 1.165) is 43.1 Å². The van der Waals surface area contributed by atoms with Crippen molar-refractivity contribution in [3.8, 4) is 11.5 Å². The van der Waals surface area contributed by atoms with Crippen LogP contribution in [0.15, 0.2) is 194 Å². The predicted octanol–water partition coefficient (Wildman–Crippen LogP) is 10.9. The molecule has 0 saturated carbocycles. The summed E-state index contributed by atoms with van der Waals surface area (Å²) in [5.41, 5.74) is 0. The lowest BCUT2D eigenvalue weighted by atomic mass is 10.1. The SMILES string of the molecule is O=P(Oc1cccc(OP(=O)(c2cccc3ccccc23)c2cccc3ccccc23)c1)(c1cccc2ccccc12)c1cccc2ccccc12. The van der Waals surface area contributed by atoms with Gasteiger partial charge in [0.2, 0.25) is 0 Å². The third-order valence-electron chi connectivity index (χ3n) is 9.61. The third-order valence-corrected chi connectivity index (χ3v) is 14.6. The molecule has 9 aromatic rings. The van der Waals surface area contributed by atoms with Crippen molar-refractivity contribution >= 4 is 79.0 Å². The van der Waals surface area contributed by atoms with Gasteiger partial charge in [-0.05, 0) is 79.5 Å². The summed E-state index contributed by atoms with van der Waals surface area (Å²) in [5.74, 6) is 0.674. The molecule has 52 heavy (non-hydrogen) atoms. The van der Waals surface area contributed by atoms with Gasteiger partial charge in [-0.3, -0.25) is 9.13 Å². The summed E-state index contributed by atoms with van der Waals surface area (Å²) in [6, 6.07) is 62.0. The molecule has 6 heteroatoms. The van der Waals surface area contributed by atoms with Crippen molar-refractivity contribution in [3.63, 3.8) is 0 Å². The molecule has 9 aromatic carbocycles. The molecule has 0 saturated heterocycles. The van der Waals surface area contributed by atoms with Gasteiger partial charge in [-0.2, -0.15) is 0 Å². The van der Waals surface area contributed by atoms with Crippen LogP contribution in [-0.2, 0) is 9.13 Å². The molecule has 0 aliphatic heterocycles. The van der Waals surface area contributed by atoms with Gasteiger partial charge >= 0.3 is 14.7 Å². The molecular weight excluding hydrogens is 678 g/mol. The summed E-state index contributed by atoms with van der Waals surface area (Å²) in [6.07, 6.45) is 0. The maximum atomic E-state index is 15.8. The van der Waals surface area contributed by atoms with Crippen LogP contribution in [-0.4, -0.2) is 0 Å². The molecule has 0 radical (unpaired) electrons. The van der Waals surface area contributed by atoms with Gasteiger partial charge in [0, 0.05) is 6.07 Å². The Labute approximate surface area is 301 Å². The van der Waals surface area contributed by atoms with E-state index >= 15 is 9.13 Å². The monoisotopic (exact) mass is 710 g/mol. The fourth-order valence-corrected chi connectivity index (χ4v) is 12.1. The van der Waals surface area contributed by atoms with Crippen LogP contribution in [0.4, 0.5) is 0 Å². The van der Waals surface area contributed by atoms with Crippen LogP contribution in [0.1, 0.15) is 0 Å². The quantitative estimate of drug-likeness (QED) is 0.147. The second-order valence-electron chi connectivity index (χ2n) is 12.8. The minimum absolute atomic E-state index is 0.337. The first-order valence-electron chi connectivity index (χ1n) is 17.1. The minimum atomic E-state index is -3.81. The summed E-state index contributed by atoms with van der Waals surface area (Å²) < 4.78 is 45.2. The van der Waals surface area contributed by atoms with Crippen LogP contribution in [0, 0.1) is 0 Å². The average Bonchev–Trinajstić information content (AvgIpc) is 3.20. The first kappa shape index (κ1) is 32.0. The van der Waals surface area contributed by atoms with E-state index in [2.05, 4.69) is 0 Å². The van der Waals surface area contributed by atoms with Crippen molar-refractivity contribution in [3.05, 3.63) is 194 Å². The number of fused-ring (bicyclic) bond motifs is 4. The molecule has 0 fully saturated rings. The third kappa shape index (κ3) is 5.49. The van der Waals surface area contributed by atoms with Crippen LogP contribution < -0.4 is 30.3 Å². The topological polar surface area (TPSA) is 52.6 Å². The normalized spacial score (nSPS) is 12.0. The molecule has 0 spiro atoms. The Morgan fingerprint density at radius 3 is 0.846 bits per heavy atom. The molecular formula is C46H32O4P2. The van der Waals surface area contributed by atoms with Gasteiger partial charge in [-0.1, -0.05) is 152 Å². The molecule has 4 nitrogen and oxygen atoms in total. The van der Waals surface area contributed by atoms with Crippen molar-refractivity contribution in [1.29, 1.82) is 0 Å². The van der Waals surface area contributed by atoms with Gasteiger partial charge < -0.3 is 9.05 Å². The molecule has 0 N–H and O–H groups in total. The highest BCUT2D eigenvalue weighted by Crippen LogP contribution is 2.52. The van der Waals surface area contributed by atoms with Crippen LogP contribution in [0.5, 0.6) is 11.5 Å². The van der Waals surface area contributed by atoms with Crippen LogP contribution in [0.25, 0.3) is 43.1 Å². The van der Waals surface area contributed by atoms with Gasteiger partial charge in [-0.15, -0.1) is 0 Å². The number of benzene rings is 9. The van der Waals surface area contributed by atoms with Crippen molar-refractivity contribution in [2.45, 2.75) is 0 Å². The van der Waals surface area contributed by atoms with E-state index in [0.29, 0.717) is 32.7 Å². The molecule has 0 aliphatic carbocycles. The Kier molecular flexibility index (Phi) is 8.01. The van der Waals surface area contributed by atoms with Gasteiger partial charge in [0.1, 0.15) is 11.5 Å². The fourth-order valence-electron chi connectivity index (χ4n) is 7.20. The Hall–Kier alpha value is -5.92. The summed E-state index contributed by atoms with van der Waals surface area (Å²) in [7, 11) is -7.63. The van der Waals surface area contributed by atoms with E-state index in [1.54, 1.807) is 24.3 Å². The Morgan fingerprint density at radius 2 is 0.538 bits per heavy atom. The first-order valence-corrected chi connectivity index (χ1v) is 20.4. The number of rotatable bonds is 8. The molecule has 9 rings (SSSR count). The summed E-state index contributed by atoms with van der Waals surface area (Å²) in [4.78, 5) is 0. The van der Waals surface area contributed by atoms with Crippen LogP contribution >= 0.6 is 14.7 Å². The summed E-state index contributed by atoms with van der Waals surface area (Å²) in [5, 5.41) is 9.68. The fraction of sp³-hybridized carbons (Fsp3) is 0. The van der Waals surface area contributed by atoms with E-state index < -0.39 is 14.7 Å². The highest BCUT2D eigenvalue weighted by atomic mass is 31.2. The lowest BCUT2D eigenvalue weighted by molar-refractivity contribution is 0.493. The number of hydrogen-bond acceptors (Lipinski definition) is 4. The maximum Gasteiger partial charge on any atom is 0.308 e. The van der Waals surface area contributed by atoms with Crippen molar-refractivity contribution < 1.29 is 18.2 Å². The zero-order valence-electron chi connectivity index (χ0n) is 28.0. The van der Waals surface area contributed by atoms with E-state index in [1.807, 2.05) is 170 Å². The van der Waals surface area contributed by atoms with Gasteiger partial charge in [0.15, 0.2) is 0 Å². The highest BCUT2D eigenvalue weighted by molar-refractivity contribution is 7.76. The number of hydrogen-bond donors (Lipinski definition) is 0.